The van der Waals surface area contributed by atoms with Crippen LogP contribution in [0.2, 0.25) is 0 Å². The number of furan rings is 1. The number of amides is 1. The minimum atomic E-state index is -0.498. The third-order valence-electron chi connectivity index (χ3n) is 4.88. The summed E-state index contributed by atoms with van der Waals surface area (Å²) >= 11 is 0. The summed E-state index contributed by atoms with van der Waals surface area (Å²) in [6, 6.07) is 11.7. The molecule has 1 aliphatic rings. The molecule has 1 amide bonds. The molecule has 0 saturated carbocycles. The van der Waals surface area contributed by atoms with Gasteiger partial charge >= 0.3 is 0 Å². The molecule has 2 aromatic rings. The van der Waals surface area contributed by atoms with Crippen LogP contribution in [0.3, 0.4) is 0 Å². The summed E-state index contributed by atoms with van der Waals surface area (Å²) in [4.78, 5) is 17.6. The molecule has 30 heavy (non-hydrogen) atoms. The van der Waals surface area contributed by atoms with Crippen molar-refractivity contribution in [1.29, 1.82) is 0 Å². The molecule has 9 heteroatoms. The predicted octanol–water partition coefficient (Wildman–Crippen LogP) is 2.26. The van der Waals surface area contributed by atoms with Gasteiger partial charge in [0.25, 0.3) is 5.91 Å². The number of hydrogen-bond donors (Lipinski definition) is 3. The lowest BCUT2D eigenvalue weighted by molar-refractivity contribution is -0.119. The van der Waals surface area contributed by atoms with E-state index >= 15 is 0 Å². The van der Waals surface area contributed by atoms with E-state index in [2.05, 4.69) is 20.5 Å². The number of rotatable bonds is 9. The Balaban J connectivity index is 0.00000320. The van der Waals surface area contributed by atoms with Gasteiger partial charge in [-0.05, 0) is 55.8 Å². The van der Waals surface area contributed by atoms with E-state index in [9.17, 15) is 4.79 Å². The number of primary amides is 1. The molecular weight excluding hydrogens is 497 g/mol. The molecule has 1 unspecified atom stereocenters. The largest absolute Gasteiger partial charge is 0.484 e. The second kappa shape index (κ2) is 12.4. The molecular formula is C21H30IN5O3. The van der Waals surface area contributed by atoms with Crippen molar-refractivity contribution in [3.63, 3.8) is 0 Å². The van der Waals surface area contributed by atoms with Crippen molar-refractivity contribution in [1.82, 2.24) is 15.5 Å². The molecule has 0 radical (unpaired) electrons. The topological polar surface area (TPSA) is 105 Å². The number of guanidine groups is 1. The van der Waals surface area contributed by atoms with Gasteiger partial charge in [0.15, 0.2) is 12.6 Å². The zero-order valence-electron chi connectivity index (χ0n) is 17.2. The second-order valence-electron chi connectivity index (χ2n) is 6.98. The third kappa shape index (κ3) is 7.21. The number of carbonyl (C=O) groups excluding carboxylic acids is 1. The molecule has 0 spiro atoms. The maximum atomic E-state index is 10.9. The van der Waals surface area contributed by atoms with Crippen molar-refractivity contribution in [2.24, 2.45) is 10.7 Å². The molecule has 1 saturated heterocycles. The first-order chi connectivity index (χ1) is 14.2. The highest BCUT2D eigenvalue weighted by atomic mass is 127. The molecule has 0 bridgehead atoms. The number of halogens is 1. The highest BCUT2D eigenvalue weighted by Crippen LogP contribution is 2.24. The van der Waals surface area contributed by atoms with Gasteiger partial charge in [0, 0.05) is 20.1 Å². The lowest BCUT2D eigenvalue weighted by Crippen LogP contribution is -2.42. The highest BCUT2D eigenvalue weighted by Gasteiger charge is 2.25. The molecule has 1 aromatic heterocycles. The summed E-state index contributed by atoms with van der Waals surface area (Å²) in [6.07, 6.45) is 4.16. The lowest BCUT2D eigenvalue weighted by atomic mass is 10.2. The van der Waals surface area contributed by atoms with Gasteiger partial charge in [-0.15, -0.1) is 24.0 Å². The van der Waals surface area contributed by atoms with Crippen LogP contribution in [0, 0.1) is 0 Å². The van der Waals surface area contributed by atoms with Crippen LogP contribution in [0.25, 0.3) is 0 Å². The monoisotopic (exact) mass is 527 g/mol. The smallest absolute Gasteiger partial charge is 0.255 e. The number of nitrogens with one attached hydrogen (secondary N) is 2. The van der Waals surface area contributed by atoms with Gasteiger partial charge in [-0.1, -0.05) is 12.1 Å². The van der Waals surface area contributed by atoms with Crippen LogP contribution < -0.4 is 21.1 Å². The number of hydrogen-bond acceptors (Lipinski definition) is 5. The number of ether oxygens (including phenoxy) is 1. The fraction of sp³-hybridized carbons (Fsp3) is 0.429. The van der Waals surface area contributed by atoms with Crippen molar-refractivity contribution in [2.45, 2.75) is 25.4 Å². The lowest BCUT2D eigenvalue weighted by Gasteiger charge is -2.26. The Labute approximate surface area is 194 Å². The molecule has 2 heterocycles. The van der Waals surface area contributed by atoms with Crippen LogP contribution in [-0.4, -0.2) is 50.1 Å². The first kappa shape index (κ1) is 24.0. The predicted molar refractivity (Wildman–Crippen MR) is 127 cm³/mol. The van der Waals surface area contributed by atoms with Gasteiger partial charge in [0.1, 0.15) is 11.5 Å². The second-order valence-corrected chi connectivity index (χ2v) is 6.98. The number of aliphatic imine (C=N–C) groups is 1. The third-order valence-corrected chi connectivity index (χ3v) is 4.88. The van der Waals surface area contributed by atoms with Crippen molar-refractivity contribution < 1.29 is 13.9 Å². The van der Waals surface area contributed by atoms with Gasteiger partial charge in [-0.2, -0.15) is 0 Å². The SMILES string of the molecule is CN=C(NCc1cccc(OCC(N)=O)c1)NCC(c1ccco1)N1CCCC1.I. The van der Waals surface area contributed by atoms with E-state index in [1.165, 1.54) is 12.8 Å². The van der Waals surface area contributed by atoms with E-state index < -0.39 is 5.91 Å². The zero-order valence-corrected chi connectivity index (χ0v) is 19.5. The Bertz CT molecular complexity index is 807. The van der Waals surface area contributed by atoms with Crippen molar-refractivity contribution in [3.05, 3.63) is 54.0 Å². The number of nitrogens with zero attached hydrogens (tertiary/aromatic N) is 2. The zero-order chi connectivity index (χ0) is 20.5. The Hall–Kier alpha value is -2.27. The van der Waals surface area contributed by atoms with Crippen LogP contribution >= 0.6 is 24.0 Å². The van der Waals surface area contributed by atoms with Gasteiger partial charge in [0.2, 0.25) is 0 Å². The molecule has 3 rings (SSSR count). The van der Waals surface area contributed by atoms with Crippen LogP contribution in [0.1, 0.15) is 30.2 Å². The quantitative estimate of drug-likeness (QED) is 0.263. The number of nitrogens with two attached hydrogens (primary N) is 1. The molecule has 1 fully saturated rings. The standard InChI is InChI=1S/C21H29N5O3.HI/c1-23-21(24-13-16-6-4-7-17(12-16)29-15-20(22)27)25-14-18(19-8-5-11-28-19)26-9-2-3-10-26;/h4-8,11-12,18H,2-3,9-10,13-15H2,1H3,(H2,22,27)(H2,23,24,25);1H. The summed E-state index contributed by atoms with van der Waals surface area (Å²) in [5.41, 5.74) is 6.13. The van der Waals surface area contributed by atoms with Crippen LogP contribution in [0.5, 0.6) is 5.75 Å². The Morgan fingerprint density at radius 2 is 2.07 bits per heavy atom. The maximum absolute atomic E-state index is 10.9. The van der Waals surface area contributed by atoms with Crippen molar-refractivity contribution in [2.75, 3.05) is 33.3 Å². The summed E-state index contributed by atoms with van der Waals surface area (Å²) in [5, 5.41) is 6.72. The first-order valence-corrected chi connectivity index (χ1v) is 9.87. The Morgan fingerprint density at radius 1 is 1.27 bits per heavy atom. The van der Waals surface area contributed by atoms with Crippen LogP contribution in [0.15, 0.2) is 52.1 Å². The average molecular weight is 527 g/mol. The Kier molecular flexibility index (Phi) is 9.95. The van der Waals surface area contributed by atoms with Crippen molar-refractivity contribution in [3.8, 4) is 5.75 Å². The molecule has 0 aliphatic carbocycles. The van der Waals surface area contributed by atoms with Gasteiger partial charge in [0.05, 0.1) is 12.3 Å². The molecule has 1 aromatic carbocycles. The summed E-state index contributed by atoms with van der Waals surface area (Å²) in [6.45, 7) is 3.30. The number of carbonyl (C=O) groups is 1. The van der Waals surface area contributed by atoms with Gasteiger partial charge in [-0.25, -0.2) is 0 Å². The van der Waals surface area contributed by atoms with Gasteiger partial charge < -0.3 is 25.5 Å². The molecule has 1 aliphatic heterocycles. The average Bonchev–Trinajstić information content (AvgIpc) is 3.44. The van der Waals surface area contributed by atoms with E-state index in [1.807, 2.05) is 30.3 Å². The van der Waals surface area contributed by atoms with E-state index in [1.54, 1.807) is 19.4 Å². The van der Waals surface area contributed by atoms with Crippen molar-refractivity contribution >= 4 is 35.8 Å². The first-order valence-electron chi connectivity index (χ1n) is 9.87. The fourth-order valence-corrected chi connectivity index (χ4v) is 3.44. The van der Waals surface area contributed by atoms with Crippen LogP contribution in [0.4, 0.5) is 0 Å². The summed E-state index contributed by atoms with van der Waals surface area (Å²) < 4.78 is 11.0. The fourth-order valence-electron chi connectivity index (χ4n) is 3.44. The van der Waals surface area contributed by atoms with E-state index in [-0.39, 0.29) is 36.6 Å². The summed E-state index contributed by atoms with van der Waals surface area (Å²) in [7, 11) is 1.75. The van der Waals surface area contributed by atoms with Gasteiger partial charge in [-0.3, -0.25) is 14.7 Å². The van der Waals surface area contributed by atoms with E-state index in [4.69, 9.17) is 14.9 Å². The highest BCUT2D eigenvalue weighted by molar-refractivity contribution is 14.0. The molecule has 164 valence electrons. The Morgan fingerprint density at radius 3 is 2.73 bits per heavy atom. The molecule has 1 atom stereocenters. The molecule has 4 N–H and O–H groups in total. The summed E-state index contributed by atoms with van der Waals surface area (Å²) in [5.74, 6) is 1.79. The maximum Gasteiger partial charge on any atom is 0.255 e. The van der Waals surface area contributed by atoms with E-state index in [0.717, 1.165) is 24.4 Å². The van der Waals surface area contributed by atoms with Crippen LogP contribution in [-0.2, 0) is 11.3 Å². The normalized spacial score (nSPS) is 15.3. The minimum Gasteiger partial charge on any atom is -0.484 e. The number of benzene rings is 1. The number of likely N-dealkylation sites (tertiary alicyclic amines) is 1. The minimum absolute atomic E-state index is 0. The van der Waals surface area contributed by atoms with E-state index in [0.29, 0.717) is 24.8 Å². The molecule has 8 nitrogen and oxygen atoms in total.